The second-order valence-electron chi connectivity index (χ2n) is 4.15. The Hall–Kier alpha value is -1.33. The third-order valence-corrected chi connectivity index (χ3v) is 2.93. The standard InChI is InChI=1S/C11H17N3O2/c12-9-1-2-10(13-7-9)14-11(8-15)3-5-16-6-4-11/h1-2,7,15H,3-6,8,12H2,(H,13,14). The second kappa shape index (κ2) is 4.67. The van der Waals surface area contributed by atoms with Gasteiger partial charge in [0.15, 0.2) is 0 Å². The number of nitrogens with two attached hydrogens (primary N) is 1. The van der Waals surface area contributed by atoms with E-state index in [2.05, 4.69) is 10.3 Å². The van der Waals surface area contributed by atoms with Crippen LogP contribution < -0.4 is 11.1 Å². The first-order chi connectivity index (χ1) is 7.74. The topological polar surface area (TPSA) is 80.4 Å². The van der Waals surface area contributed by atoms with Gasteiger partial charge < -0.3 is 20.9 Å². The summed E-state index contributed by atoms with van der Waals surface area (Å²) in [5.41, 5.74) is 5.90. The van der Waals surface area contributed by atoms with Gasteiger partial charge >= 0.3 is 0 Å². The van der Waals surface area contributed by atoms with Crippen molar-refractivity contribution >= 4 is 11.5 Å². The zero-order valence-corrected chi connectivity index (χ0v) is 9.15. The van der Waals surface area contributed by atoms with E-state index in [1.807, 2.05) is 6.07 Å². The molecule has 4 N–H and O–H groups in total. The Morgan fingerprint density at radius 3 is 2.75 bits per heavy atom. The van der Waals surface area contributed by atoms with Crippen molar-refractivity contribution in [2.75, 3.05) is 30.9 Å². The molecular formula is C11H17N3O2. The Kier molecular flexibility index (Phi) is 3.26. The van der Waals surface area contributed by atoms with E-state index in [4.69, 9.17) is 10.5 Å². The van der Waals surface area contributed by atoms with E-state index in [1.165, 1.54) is 0 Å². The van der Waals surface area contributed by atoms with Crippen LogP contribution in [0.25, 0.3) is 0 Å². The van der Waals surface area contributed by atoms with Gasteiger partial charge in [0.05, 0.1) is 24.0 Å². The lowest BCUT2D eigenvalue weighted by molar-refractivity contribution is 0.0378. The van der Waals surface area contributed by atoms with Gasteiger partial charge in [-0.15, -0.1) is 0 Å². The van der Waals surface area contributed by atoms with E-state index in [0.717, 1.165) is 18.7 Å². The van der Waals surface area contributed by atoms with Gasteiger partial charge in [0.1, 0.15) is 5.82 Å². The maximum absolute atomic E-state index is 9.49. The molecule has 1 fully saturated rings. The minimum absolute atomic E-state index is 0.0857. The van der Waals surface area contributed by atoms with Crippen LogP contribution in [0.5, 0.6) is 0 Å². The Labute approximate surface area is 94.6 Å². The summed E-state index contributed by atoms with van der Waals surface area (Å²) in [6.07, 6.45) is 3.18. The van der Waals surface area contributed by atoms with Crippen LogP contribution in [0.1, 0.15) is 12.8 Å². The number of pyridine rings is 1. The van der Waals surface area contributed by atoms with E-state index in [1.54, 1.807) is 12.3 Å². The summed E-state index contributed by atoms with van der Waals surface area (Å²) in [5, 5.41) is 12.8. The number of ether oxygens (including phenoxy) is 1. The lowest BCUT2D eigenvalue weighted by atomic mass is 9.91. The summed E-state index contributed by atoms with van der Waals surface area (Å²) in [6.45, 7) is 1.42. The van der Waals surface area contributed by atoms with E-state index in [0.29, 0.717) is 18.9 Å². The normalized spacial score (nSPS) is 19.3. The zero-order valence-electron chi connectivity index (χ0n) is 9.15. The van der Waals surface area contributed by atoms with Crippen LogP contribution in [-0.4, -0.2) is 35.5 Å². The molecule has 0 saturated carbocycles. The lowest BCUT2D eigenvalue weighted by Gasteiger charge is -2.36. The number of aliphatic hydroxyl groups excluding tert-OH is 1. The van der Waals surface area contributed by atoms with Crippen molar-refractivity contribution in [1.29, 1.82) is 0 Å². The van der Waals surface area contributed by atoms with Crippen LogP contribution in [-0.2, 0) is 4.74 Å². The molecule has 1 aliphatic heterocycles. The van der Waals surface area contributed by atoms with Crippen molar-refractivity contribution in [3.8, 4) is 0 Å². The molecule has 2 heterocycles. The molecule has 0 aliphatic carbocycles. The highest BCUT2D eigenvalue weighted by Gasteiger charge is 2.31. The van der Waals surface area contributed by atoms with Crippen LogP contribution in [0.4, 0.5) is 11.5 Å². The molecule has 1 aromatic heterocycles. The molecule has 0 radical (unpaired) electrons. The predicted octanol–water partition coefficient (Wildman–Crippen LogP) is 0.617. The second-order valence-corrected chi connectivity index (χ2v) is 4.15. The fourth-order valence-corrected chi connectivity index (χ4v) is 1.84. The molecule has 88 valence electrons. The molecule has 1 aliphatic rings. The summed E-state index contributed by atoms with van der Waals surface area (Å²) < 4.78 is 5.29. The largest absolute Gasteiger partial charge is 0.397 e. The average molecular weight is 223 g/mol. The SMILES string of the molecule is Nc1ccc(NC2(CO)CCOCC2)nc1. The number of hydrogen-bond acceptors (Lipinski definition) is 5. The highest BCUT2D eigenvalue weighted by molar-refractivity contribution is 5.45. The highest BCUT2D eigenvalue weighted by atomic mass is 16.5. The lowest BCUT2D eigenvalue weighted by Crippen LogP contribution is -2.47. The van der Waals surface area contributed by atoms with Crippen molar-refractivity contribution in [1.82, 2.24) is 4.98 Å². The van der Waals surface area contributed by atoms with Crippen LogP contribution in [0.3, 0.4) is 0 Å². The molecule has 1 saturated heterocycles. The van der Waals surface area contributed by atoms with Crippen molar-refractivity contribution in [3.63, 3.8) is 0 Å². The number of nitrogens with zero attached hydrogens (tertiary/aromatic N) is 1. The first-order valence-corrected chi connectivity index (χ1v) is 5.42. The monoisotopic (exact) mass is 223 g/mol. The molecule has 1 aromatic rings. The van der Waals surface area contributed by atoms with E-state index < -0.39 is 0 Å². The van der Waals surface area contributed by atoms with Gasteiger partial charge in [0, 0.05) is 13.2 Å². The fourth-order valence-electron chi connectivity index (χ4n) is 1.84. The van der Waals surface area contributed by atoms with Gasteiger partial charge in [0.25, 0.3) is 0 Å². The van der Waals surface area contributed by atoms with Crippen LogP contribution >= 0.6 is 0 Å². The molecule has 0 spiro atoms. The first-order valence-electron chi connectivity index (χ1n) is 5.42. The fraction of sp³-hybridized carbons (Fsp3) is 0.545. The Morgan fingerprint density at radius 2 is 2.19 bits per heavy atom. The number of anilines is 2. The highest BCUT2D eigenvalue weighted by Crippen LogP contribution is 2.24. The van der Waals surface area contributed by atoms with Gasteiger partial charge in [-0.25, -0.2) is 4.98 Å². The van der Waals surface area contributed by atoms with E-state index in [9.17, 15) is 5.11 Å². The van der Waals surface area contributed by atoms with E-state index in [-0.39, 0.29) is 12.1 Å². The third kappa shape index (κ3) is 2.43. The number of rotatable bonds is 3. The molecule has 16 heavy (non-hydrogen) atoms. The van der Waals surface area contributed by atoms with Crippen molar-refractivity contribution in [2.24, 2.45) is 0 Å². The van der Waals surface area contributed by atoms with Crippen molar-refractivity contribution in [3.05, 3.63) is 18.3 Å². The number of nitrogens with one attached hydrogen (secondary N) is 1. The van der Waals surface area contributed by atoms with Gasteiger partial charge in [0.2, 0.25) is 0 Å². The molecule has 5 nitrogen and oxygen atoms in total. The number of nitrogen functional groups attached to an aromatic ring is 1. The van der Waals surface area contributed by atoms with Crippen LogP contribution in [0, 0.1) is 0 Å². The molecule has 0 aromatic carbocycles. The van der Waals surface area contributed by atoms with E-state index >= 15 is 0 Å². The number of hydrogen-bond donors (Lipinski definition) is 3. The number of aromatic nitrogens is 1. The van der Waals surface area contributed by atoms with Gasteiger partial charge in [-0.1, -0.05) is 0 Å². The maximum atomic E-state index is 9.49. The van der Waals surface area contributed by atoms with Gasteiger partial charge in [-0.05, 0) is 25.0 Å². The summed E-state index contributed by atoms with van der Waals surface area (Å²) in [5.74, 6) is 0.741. The Morgan fingerprint density at radius 1 is 1.44 bits per heavy atom. The molecule has 0 bridgehead atoms. The molecular weight excluding hydrogens is 206 g/mol. The Bertz CT molecular complexity index is 334. The zero-order chi connectivity index (χ0) is 11.4. The number of aliphatic hydroxyl groups is 1. The van der Waals surface area contributed by atoms with Crippen molar-refractivity contribution in [2.45, 2.75) is 18.4 Å². The smallest absolute Gasteiger partial charge is 0.126 e. The minimum atomic E-state index is -0.304. The molecule has 0 atom stereocenters. The minimum Gasteiger partial charge on any atom is -0.397 e. The predicted molar refractivity (Wildman–Crippen MR) is 62.1 cm³/mol. The van der Waals surface area contributed by atoms with Crippen LogP contribution in [0.2, 0.25) is 0 Å². The molecule has 2 rings (SSSR count). The average Bonchev–Trinajstić information content (AvgIpc) is 2.33. The third-order valence-electron chi connectivity index (χ3n) is 2.93. The summed E-state index contributed by atoms with van der Waals surface area (Å²) in [7, 11) is 0. The Balaban J connectivity index is 2.08. The quantitative estimate of drug-likeness (QED) is 0.700. The molecule has 0 unspecified atom stereocenters. The van der Waals surface area contributed by atoms with Gasteiger partial charge in [-0.2, -0.15) is 0 Å². The van der Waals surface area contributed by atoms with Gasteiger partial charge in [-0.3, -0.25) is 0 Å². The molecule has 5 heteroatoms. The summed E-state index contributed by atoms with van der Waals surface area (Å²) in [6, 6.07) is 3.61. The van der Waals surface area contributed by atoms with Crippen molar-refractivity contribution < 1.29 is 9.84 Å². The summed E-state index contributed by atoms with van der Waals surface area (Å²) >= 11 is 0. The van der Waals surface area contributed by atoms with Crippen LogP contribution in [0.15, 0.2) is 18.3 Å². The molecule has 0 amide bonds. The summed E-state index contributed by atoms with van der Waals surface area (Å²) in [4.78, 5) is 4.18. The first kappa shape index (κ1) is 11.2. The maximum Gasteiger partial charge on any atom is 0.126 e.